The molecule has 3 heteroatoms. The maximum Gasteiger partial charge on any atom is 0.0278 e. The molecule has 0 saturated heterocycles. The van der Waals surface area contributed by atoms with Gasteiger partial charge in [-0.1, -0.05) is 0 Å². The molecule has 70 valence electrons. The lowest BCUT2D eigenvalue weighted by Gasteiger charge is -2.01. The summed E-state index contributed by atoms with van der Waals surface area (Å²) in [7, 11) is 0. The third kappa shape index (κ3) is 3.36. The maximum absolute atomic E-state index is 3.98. The van der Waals surface area contributed by atoms with Crippen molar-refractivity contribution in [2.75, 3.05) is 12.3 Å². The van der Waals surface area contributed by atoms with Gasteiger partial charge < -0.3 is 5.32 Å². The highest BCUT2D eigenvalue weighted by Gasteiger charge is 2.19. The normalized spacial score (nSPS) is 16.0. The number of thioether (sulfide) groups is 1. The number of nitrogens with zero attached hydrogens (tertiary/aromatic N) is 1. The first kappa shape index (κ1) is 9.03. The smallest absolute Gasteiger partial charge is 0.0278 e. The fourth-order valence-corrected chi connectivity index (χ4v) is 1.92. The van der Waals surface area contributed by atoms with Crippen molar-refractivity contribution in [2.24, 2.45) is 0 Å². The van der Waals surface area contributed by atoms with Gasteiger partial charge >= 0.3 is 0 Å². The van der Waals surface area contributed by atoms with E-state index in [0.29, 0.717) is 0 Å². The number of hydrogen-bond donors (Lipinski definition) is 1. The Kier molecular flexibility index (Phi) is 3.22. The summed E-state index contributed by atoms with van der Waals surface area (Å²) in [6.45, 7) is 1.12. The molecule has 1 N–H and O–H groups in total. The Labute approximate surface area is 83.1 Å². The number of rotatable bonds is 5. The molecule has 0 radical (unpaired) electrons. The summed E-state index contributed by atoms with van der Waals surface area (Å²) in [6, 6.07) is 4.95. The molecule has 0 aromatic carbocycles. The molecule has 1 aromatic heterocycles. The quantitative estimate of drug-likeness (QED) is 0.572. The van der Waals surface area contributed by atoms with Gasteiger partial charge in [-0.25, -0.2) is 0 Å². The van der Waals surface area contributed by atoms with E-state index in [4.69, 9.17) is 0 Å². The highest BCUT2D eigenvalue weighted by Crippen LogP contribution is 2.19. The molecule has 2 rings (SSSR count). The SMILES string of the molecule is c1cc(SCCNC2CC2)ccn1. The van der Waals surface area contributed by atoms with Gasteiger partial charge in [0.15, 0.2) is 0 Å². The third-order valence-electron chi connectivity index (χ3n) is 2.03. The summed E-state index contributed by atoms with van der Waals surface area (Å²) in [5.41, 5.74) is 0. The van der Waals surface area contributed by atoms with Crippen LogP contribution in [0.25, 0.3) is 0 Å². The Morgan fingerprint density at radius 1 is 1.38 bits per heavy atom. The fourth-order valence-electron chi connectivity index (χ4n) is 1.15. The molecule has 0 unspecified atom stereocenters. The molecule has 1 aliphatic rings. The van der Waals surface area contributed by atoms with E-state index in [0.717, 1.165) is 18.3 Å². The van der Waals surface area contributed by atoms with Crippen molar-refractivity contribution in [1.82, 2.24) is 10.3 Å². The predicted octanol–water partition coefficient (Wildman–Crippen LogP) is 1.93. The van der Waals surface area contributed by atoms with E-state index in [1.807, 2.05) is 24.2 Å². The average Bonchev–Trinajstić information content (AvgIpc) is 2.98. The van der Waals surface area contributed by atoms with Crippen molar-refractivity contribution in [3.63, 3.8) is 0 Å². The standard InChI is InChI=1S/C10H14N2S/c1-2-9(1)12-7-8-13-10-3-5-11-6-4-10/h3-6,9,12H,1-2,7-8H2. The van der Waals surface area contributed by atoms with Gasteiger partial charge in [0.1, 0.15) is 0 Å². The topological polar surface area (TPSA) is 24.9 Å². The van der Waals surface area contributed by atoms with Gasteiger partial charge in [0.25, 0.3) is 0 Å². The Bertz CT molecular complexity index is 246. The summed E-state index contributed by atoms with van der Waals surface area (Å²) < 4.78 is 0. The first-order valence-electron chi connectivity index (χ1n) is 4.71. The first-order valence-corrected chi connectivity index (χ1v) is 5.70. The molecule has 0 atom stereocenters. The van der Waals surface area contributed by atoms with Gasteiger partial charge in [-0.05, 0) is 25.0 Å². The summed E-state index contributed by atoms with van der Waals surface area (Å²) in [5.74, 6) is 1.15. The van der Waals surface area contributed by atoms with Crippen LogP contribution in [0.1, 0.15) is 12.8 Å². The molecule has 1 aliphatic carbocycles. The van der Waals surface area contributed by atoms with E-state index in [-0.39, 0.29) is 0 Å². The van der Waals surface area contributed by atoms with Crippen molar-refractivity contribution in [2.45, 2.75) is 23.8 Å². The first-order chi connectivity index (χ1) is 6.45. The molecule has 1 saturated carbocycles. The van der Waals surface area contributed by atoms with Gasteiger partial charge in [0.2, 0.25) is 0 Å². The molecular weight excluding hydrogens is 180 g/mol. The van der Waals surface area contributed by atoms with Crippen LogP contribution in [-0.2, 0) is 0 Å². The molecule has 0 amide bonds. The lowest BCUT2D eigenvalue weighted by atomic mass is 10.5. The van der Waals surface area contributed by atoms with Gasteiger partial charge in [0.05, 0.1) is 0 Å². The minimum atomic E-state index is 0.832. The zero-order valence-electron chi connectivity index (χ0n) is 7.57. The Hall–Kier alpha value is -0.540. The van der Waals surface area contributed by atoms with E-state index in [9.17, 15) is 0 Å². The van der Waals surface area contributed by atoms with Crippen LogP contribution in [0.5, 0.6) is 0 Å². The van der Waals surface area contributed by atoms with Crippen molar-refractivity contribution in [1.29, 1.82) is 0 Å². The number of aromatic nitrogens is 1. The second-order valence-electron chi connectivity index (χ2n) is 3.26. The molecule has 0 aliphatic heterocycles. The Morgan fingerprint density at radius 2 is 2.15 bits per heavy atom. The summed E-state index contributed by atoms with van der Waals surface area (Å²) in [6.07, 6.45) is 6.44. The predicted molar refractivity (Wildman–Crippen MR) is 56.0 cm³/mol. The van der Waals surface area contributed by atoms with Crippen molar-refractivity contribution in [3.05, 3.63) is 24.5 Å². The van der Waals surface area contributed by atoms with E-state index in [1.54, 1.807) is 0 Å². The molecular formula is C10H14N2S. The lowest BCUT2D eigenvalue weighted by molar-refractivity contribution is 0.726. The largest absolute Gasteiger partial charge is 0.313 e. The molecule has 0 spiro atoms. The minimum absolute atomic E-state index is 0.832. The molecule has 1 aromatic rings. The van der Waals surface area contributed by atoms with Gasteiger partial charge in [-0.3, -0.25) is 4.98 Å². The zero-order valence-corrected chi connectivity index (χ0v) is 8.39. The monoisotopic (exact) mass is 194 g/mol. The minimum Gasteiger partial charge on any atom is -0.313 e. The molecule has 1 fully saturated rings. The van der Waals surface area contributed by atoms with Crippen molar-refractivity contribution in [3.8, 4) is 0 Å². The van der Waals surface area contributed by atoms with Gasteiger partial charge in [-0.15, -0.1) is 11.8 Å². The summed E-state index contributed by atoms with van der Waals surface area (Å²) in [5, 5.41) is 3.49. The van der Waals surface area contributed by atoms with E-state index in [2.05, 4.69) is 22.4 Å². The van der Waals surface area contributed by atoms with Crippen molar-refractivity contribution >= 4 is 11.8 Å². The van der Waals surface area contributed by atoms with Crippen LogP contribution in [0.2, 0.25) is 0 Å². The van der Waals surface area contributed by atoms with Crippen LogP contribution in [0.3, 0.4) is 0 Å². The highest BCUT2D eigenvalue weighted by atomic mass is 32.2. The van der Waals surface area contributed by atoms with Crippen LogP contribution >= 0.6 is 11.8 Å². The lowest BCUT2D eigenvalue weighted by Crippen LogP contribution is -2.18. The van der Waals surface area contributed by atoms with Gasteiger partial charge in [-0.2, -0.15) is 0 Å². The van der Waals surface area contributed by atoms with Crippen LogP contribution in [0.4, 0.5) is 0 Å². The Morgan fingerprint density at radius 3 is 2.85 bits per heavy atom. The van der Waals surface area contributed by atoms with E-state index in [1.165, 1.54) is 17.7 Å². The number of pyridine rings is 1. The Balaban J connectivity index is 1.61. The van der Waals surface area contributed by atoms with Crippen LogP contribution < -0.4 is 5.32 Å². The maximum atomic E-state index is 3.98. The molecule has 0 bridgehead atoms. The molecule has 1 heterocycles. The van der Waals surface area contributed by atoms with E-state index < -0.39 is 0 Å². The van der Waals surface area contributed by atoms with Crippen LogP contribution in [0, 0.1) is 0 Å². The summed E-state index contributed by atoms with van der Waals surface area (Å²) >= 11 is 1.89. The second-order valence-corrected chi connectivity index (χ2v) is 4.43. The fraction of sp³-hybridized carbons (Fsp3) is 0.500. The second kappa shape index (κ2) is 4.63. The van der Waals surface area contributed by atoms with Crippen LogP contribution in [0.15, 0.2) is 29.4 Å². The number of hydrogen-bond acceptors (Lipinski definition) is 3. The average molecular weight is 194 g/mol. The number of nitrogens with one attached hydrogen (secondary N) is 1. The molecule has 13 heavy (non-hydrogen) atoms. The third-order valence-corrected chi connectivity index (χ3v) is 3.04. The van der Waals surface area contributed by atoms with Gasteiger partial charge in [0, 0.05) is 35.6 Å². The zero-order chi connectivity index (χ0) is 8.93. The van der Waals surface area contributed by atoms with Crippen LogP contribution in [-0.4, -0.2) is 23.3 Å². The summed E-state index contributed by atoms with van der Waals surface area (Å²) in [4.78, 5) is 5.30. The van der Waals surface area contributed by atoms with Crippen molar-refractivity contribution < 1.29 is 0 Å². The highest BCUT2D eigenvalue weighted by molar-refractivity contribution is 7.99. The molecule has 2 nitrogen and oxygen atoms in total. The van der Waals surface area contributed by atoms with E-state index >= 15 is 0 Å².